The number of ketones is 2. The van der Waals surface area contributed by atoms with Crippen LogP contribution in [0.2, 0.25) is 0 Å². The van der Waals surface area contributed by atoms with Crippen LogP contribution in [0.15, 0.2) is 42.5 Å². The fourth-order valence-corrected chi connectivity index (χ4v) is 2.62. The summed E-state index contributed by atoms with van der Waals surface area (Å²) >= 11 is 0. The van der Waals surface area contributed by atoms with E-state index in [1.165, 1.54) is 0 Å². The van der Waals surface area contributed by atoms with Crippen molar-refractivity contribution in [1.82, 2.24) is 9.97 Å². The van der Waals surface area contributed by atoms with E-state index in [4.69, 9.17) is 0 Å². The van der Waals surface area contributed by atoms with Crippen LogP contribution in [0.4, 0.5) is 0 Å². The molecular formula is C17H10N2O2. The predicted molar refractivity (Wildman–Crippen MR) is 77.6 cm³/mol. The molecule has 1 aliphatic carbocycles. The maximum Gasteiger partial charge on any atom is 0.214 e. The summed E-state index contributed by atoms with van der Waals surface area (Å²) in [7, 11) is 0. The Kier molecular flexibility index (Phi) is 2.30. The van der Waals surface area contributed by atoms with Gasteiger partial charge in [0.1, 0.15) is 11.4 Å². The van der Waals surface area contributed by atoms with Gasteiger partial charge in [0.25, 0.3) is 0 Å². The Morgan fingerprint density at radius 3 is 1.95 bits per heavy atom. The lowest BCUT2D eigenvalue weighted by atomic mass is 9.89. The van der Waals surface area contributed by atoms with E-state index in [9.17, 15) is 9.59 Å². The van der Waals surface area contributed by atoms with Crippen molar-refractivity contribution in [3.63, 3.8) is 0 Å². The van der Waals surface area contributed by atoms with Crippen molar-refractivity contribution in [2.45, 2.75) is 6.92 Å². The van der Waals surface area contributed by atoms with Crippen molar-refractivity contribution in [1.29, 1.82) is 0 Å². The molecule has 0 aliphatic heterocycles. The van der Waals surface area contributed by atoms with Crippen molar-refractivity contribution in [2.24, 2.45) is 0 Å². The third kappa shape index (κ3) is 1.62. The zero-order valence-electron chi connectivity index (χ0n) is 11.3. The van der Waals surface area contributed by atoms with E-state index in [1.807, 2.05) is 25.1 Å². The van der Waals surface area contributed by atoms with Crippen molar-refractivity contribution < 1.29 is 9.59 Å². The van der Waals surface area contributed by atoms with Gasteiger partial charge in [0.15, 0.2) is 0 Å². The largest absolute Gasteiger partial charge is 0.287 e. The normalized spacial score (nSPS) is 13.2. The second-order valence-electron chi connectivity index (χ2n) is 5.12. The van der Waals surface area contributed by atoms with Gasteiger partial charge in [-0.3, -0.25) is 9.59 Å². The van der Waals surface area contributed by atoms with Crippen LogP contribution in [0.3, 0.4) is 0 Å². The van der Waals surface area contributed by atoms with Crippen LogP contribution in [0.5, 0.6) is 0 Å². The molecule has 1 heterocycles. The SMILES string of the molecule is Cc1ccc2nc3c(nc2c1)C(=O)c1ccccc1C3=O. The zero-order chi connectivity index (χ0) is 14.6. The summed E-state index contributed by atoms with van der Waals surface area (Å²) in [5, 5.41) is 0. The second kappa shape index (κ2) is 4.06. The minimum Gasteiger partial charge on any atom is -0.287 e. The molecule has 1 aliphatic rings. The maximum absolute atomic E-state index is 12.5. The number of carbonyl (C=O) groups excluding carboxylic acids is 2. The molecule has 0 N–H and O–H groups in total. The molecule has 0 amide bonds. The summed E-state index contributed by atoms with van der Waals surface area (Å²) in [4.78, 5) is 33.8. The van der Waals surface area contributed by atoms with Crippen molar-refractivity contribution in [3.05, 3.63) is 70.5 Å². The van der Waals surface area contributed by atoms with Gasteiger partial charge in [0.2, 0.25) is 11.6 Å². The highest BCUT2D eigenvalue weighted by molar-refractivity contribution is 6.27. The number of benzene rings is 2. The lowest BCUT2D eigenvalue weighted by Crippen LogP contribution is -2.23. The number of carbonyl (C=O) groups is 2. The van der Waals surface area contributed by atoms with E-state index >= 15 is 0 Å². The Hall–Kier alpha value is -2.88. The number of hydrogen-bond donors (Lipinski definition) is 0. The molecule has 0 spiro atoms. The van der Waals surface area contributed by atoms with Gasteiger partial charge < -0.3 is 0 Å². The minimum atomic E-state index is -0.241. The molecule has 2 aromatic carbocycles. The standard InChI is InChI=1S/C17H10N2O2/c1-9-6-7-12-13(8-9)19-15-14(18-12)16(20)10-4-2-3-5-11(10)17(15)21/h2-8H,1H3. The molecular weight excluding hydrogens is 264 g/mol. The van der Waals surface area contributed by atoms with Gasteiger partial charge in [-0.2, -0.15) is 0 Å². The number of aromatic nitrogens is 2. The van der Waals surface area contributed by atoms with Crippen molar-refractivity contribution in [3.8, 4) is 0 Å². The maximum atomic E-state index is 12.5. The number of aryl methyl sites for hydroxylation is 1. The van der Waals surface area contributed by atoms with Gasteiger partial charge in [-0.1, -0.05) is 30.3 Å². The molecule has 4 heteroatoms. The molecule has 0 radical (unpaired) electrons. The van der Waals surface area contributed by atoms with Crippen LogP contribution >= 0.6 is 0 Å². The van der Waals surface area contributed by atoms with E-state index in [0.29, 0.717) is 22.2 Å². The Labute approximate surface area is 120 Å². The molecule has 0 saturated carbocycles. The zero-order valence-corrected chi connectivity index (χ0v) is 11.3. The summed E-state index contributed by atoms with van der Waals surface area (Å²) in [6.07, 6.45) is 0. The molecule has 0 fully saturated rings. The van der Waals surface area contributed by atoms with E-state index in [1.54, 1.807) is 24.3 Å². The number of rotatable bonds is 0. The molecule has 3 aromatic rings. The molecule has 4 nitrogen and oxygen atoms in total. The molecule has 0 atom stereocenters. The predicted octanol–water partition coefficient (Wildman–Crippen LogP) is 2.71. The van der Waals surface area contributed by atoms with Crippen LogP contribution in [0.25, 0.3) is 11.0 Å². The Morgan fingerprint density at radius 1 is 0.762 bits per heavy atom. The minimum absolute atomic E-state index is 0.148. The van der Waals surface area contributed by atoms with Gasteiger partial charge >= 0.3 is 0 Å². The van der Waals surface area contributed by atoms with Gasteiger partial charge in [-0.05, 0) is 24.6 Å². The lowest BCUT2D eigenvalue weighted by Gasteiger charge is -2.16. The first kappa shape index (κ1) is 11.9. The number of hydrogen-bond acceptors (Lipinski definition) is 4. The number of fused-ring (bicyclic) bond motifs is 3. The molecule has 100 valence electrons. The van der Waals surface area contributed by atoms with Gasteiger partial charge in [-0.15, -0.1) is 0 Å². The first-order valence-corrected chi connectivity index (χ1v) is 6.62. The lowest BCUT2D eigenvalue weighted by molar-refractivity contribution is 0.0972. The smallest absolute Gasteiger partial charge is 0.214 e. The van der Waals surface area contributed by atoms with E-state index in [0.717, 1.165) is 5.56 Å². The monoisotopic (exact) mass is 274 g/mol. The van der Waals surface area contributed by atoms with Crippen LogP contribution in [-0.4, -0.2) is 21.5 Å². The fraction of sp³-hybridized carbons (Fsp3) is 0.0588. The van der Waals surface area contributed by atoms with Crippen LogP contribution < -0.4 is 0 Å². The second-order valence-corrected chi connectivity index (χ2v) is 5.12. The van der Waals surface area contributed by atoms with Crippen LogP contribution in [0.1, 0.15) is 37.7 Å². The molecule has 0 saturated heterocycles. The molecule has 4 rings (SSSR count). The Bertz CT molecular complexity index is 945. The topological polar surface area (TPSA) is 59.9 Å². The summed E-state index contributed by atoms with van der Waals surface area (Å²) in [5.74, 6) is -0.480. The first-order chi connectivity index (χ1) is 10.1. The van der Waals surface area contributed by atoms with Crippen LogP contribution in [-0.2, 0) is 0 Å². The summed E-state index contributed by atoms with van der Waals surface area (Å²) < 4.78 is 0. The summed E-state index contributed by atoms with van der Waals surface area (Å²) in [6, 6.07) is 12.4. The third-order valence-electron chi connectivity index (χ3n) is 3.67. The Balaban J connectivity index is 2.06. The molecule has 0 bridgehead atoms. The first-order valence-electron chi connectivity index (χ1n) is 6.62. The van der Waals surface area contributed by atoms with Crippen molar-refractivity contribution >= 4 is 22.6 Å². The average molecular weight is 274 g/mol. The highest BCUT2D eigenvalue weighted by atomic mass is 16.1. The van der Waals surface area contributed by atoms with Gasteiger partial charge in [-0.25, -0.2) is 9.97 Å². The molecule has 0 unspecified atom stereocenters. The van der Waals surface area contributed by atoms with Gasteiger partial charge in [0, 0.05) is 11.1 Å². The quantitative estimate of drug-likeness (QED) is 0.494. The highest BCUT2D eigenvalue weighted by Crippen LogP contribution is 2.26. The van der Waals surface area contributed by atoms with E-state index in [2.05, 4.69) is 9.97 Å². The Morgan fingerprint density at radius 2 is 1.33 bits per heavy atom. The average Bonchev–Trinajstić information content (AvgIpc) is 2.51. The van der Waals surface area contributed by atoms with Gasteiger partial charge in [0.05, 0.1) is 11.0 Å². The summed E-state index contributed by atoms with van der Waals surface area (Å²) in [6.45, 7) is 1.95. The number of nitrogens with zero attached hydrogens (tertiary/aromatic N) is 2. The van der Waals surface area contributed by atoms with E-state index < -0.39 is 0 Å². The van der Waals surface area contributed by atoms with E-state index in [-0.39, 0.29) is 23.0 Å². The molecule has 21 heavy (non-hydrogen) atoms. The molecule has 1 aromatic heterocycles. The van der Waals surface area contributed by atoms with Crippen molar-refractivity contribution in [2.75, 3.05) is 0 Å². The van der Waals surface area contributed by atoms with Crippen LogP contribution in [0, 0.1) is 6.92 Å². The summed E-state index contributed by atoms with van der Waals surface area (Å²) in [5.41, 5.74) is 3.39. The third-order valence-corrected chi connectivity index (χ3v) is 3.67. The fourth-order valence-electron chi connectivity index (χ4n) is 2.62. The highest BCUT2D eigenvalue weighted by Gasteiger charge is 2.32.